The number of ether oxygens (including phenoxy) is 1. The summed E-state index contributed by atoms with van der Waals surface area (Å²) in [5.41, 5.74) is 3.57. The number of aromatic amines is 1. The molecule has 2 heterocycles. The van der Waals surface area contributed by atoms with Crippen LogP contribution in [0.25, 0.3) is 22.5 Å². The zero-order chi connectivity index (χ0) is 27.9. The number of halogens is 1. The lowest BCUT2D eigenvalue weighted by Gasteiger charge is -2.20. The number of anilines is 1. The molecule has 11 heteroatoms. The number of esters is 1. The highest BCUT2D eigenvalue weighted by molar-refractivity contribution is 7.92. The van der Waals surface area contributed by atoms with Gasteiger partial charge in [-0.25, -0.2) is 18.0 Å². The van der Waals surface area contributed by atoms with E-state index in [4.69, 9.17) is 16.3 Å². The van der Waals surface area contributed by atoms with E-state index >= 15 is 0 Å². The molecule has 0 spiro atoms. The van der Waals surface area contributed by atoms with E-state index in [1.165, 1.54) is 16.4 Å². The van der Waals surface area contributed by atoms with Crippen LogP contribution in [0.5, 0.6) is 5.75 Å². The van der Waals surface area contributed by atoms with Gasteiger partial charge in [-0.3, -0.25) is 13.8 Å². The molecule has 40 heavy (non-hydrogen) atoms. The van der Waals surface area contributed by atoms with E-state index in [1.807, 2.05) is 12.1 Å². The third kappa shape index (κ3) is 4.78. The Morgan fingerprint density at radius 2 is 1.70 bits per heavy atom. The van der Waals surface area contributed by atoms with Crippen molar-refractivity contribution in [1.82, 2.24) is 10.1 Å². The Bertz CT molecular complexity index is 1900. The number of fused-ring (bicyclic) bond motifs is 1. The second kappa shape index (κ2) is 10.1. The maximum atomic E-state index is 13.5. The molecule has 0 atom stereocenters. The Balaban J connectivity index is 1.29. The maximum absolute atomic E-state index is 13.5. The van der Waals surface area contributed by atoms with E-state index in [1.54, 1.807) is 66.7 Å². The van der Waals surface area contributed by atoms with Gasteiger partial charge in [0.2, 0.25) is 0 Å². The zero-order valence-electron chi connectivity index (χ0n) is 20.7. The monoisotopic (exact) mass is 573 g/mol. The van der Waals surface area contributed by atoms with Crippen LogP contribution in [-0.2, 0) is 16.4 Å². The van der Waals surface area contributed by atoms with Gasteiger partial charge in [-0.15, -0.1) is 0 Å². The summed E-state index contributed by atoms with van der Waals surface area (Å²) in [5, 5.41) is 4.01. The second-order valence-electron chi connectivity index (χ2n) is 9.03. The van der Waals surface area contributed by atoms with Crippen molar-refractivity contribution in [2.45, 2.75) is 11.3 Å². The number of hydrogen-bond donors (Lipinski definition) is 1. The van der Waals surface area contributed by atoms with Crippen LogP contribution in [0.2, 0.25) is 5.02 Å². The molecule has 200 valence electrons. The summed E-state index contributed by atoms with van der Waals surface area (Å²) in [5.74, 6) is -0.622. The quantitative estimate of drug-likeness (QED) is 0.215. The van der Waals surface area contributed by atoms with Crippen molar-refractivity contribution in [3.05, 3.63) is 118 Å². The Morgan fingerprint density at radius 1 is 0.950 bits per heavy atom. The summed E-state index contributed by atoms with van der Waals surface area (Å²) in [6.45, 7) is 0.267. The van der Waals surface area contributed by atoms with Gasteiger partial charge in [0.25, 0.3) is 10.0 Å². The third-order valence-corrected chi connectivity index (χ3v) is 8.62. The van der Waals surface area contributed by atoms with Crippen LogP contribution in [-0.4, -0.2) is 31.1 Å². The molecule has 1 N–H and O–H groups in total. The lowest BCUT2D eigenvalue weighted by molar-refractivity contribution is 0.0735. The fourth-order valence-electron chi connectivity index (χ4n) is 4.64. The first-order valence-corrected chi connectivity index (χ1v) is 14.0. The van der Waals surface area contributed by atoms with Crippen molar-refractivity contribution in [1.29, 1.82) is 0 Å². The minimum absolute atomic E-state index is 0.0997. The predicted molar refractivity (Wildman–Crippen MR) is 149 cm³/mol. The molecule has 5 aromatic rings. The standard InChI is InChI=1S/C29H20ClN3O6S/c30-21-9-12-24(25(17-21)28(34)38-22-4-2-1-3-5-22)19-8-13-26-20(16-19)14-15-33(26)40(36,37)23-10-6-18(7-11-23)27-31-29(35)39-32-27/h1-13,16-17H,14-15H2,(H,31,32,35). The fourth-order valence-corrected chi connectivity index (χ4v) is 6.32. The van der Waals surface area contributed by atoms with E-state index in [0.717, 1.165) is 11.1 Å². The van der Waals surface area contributed by atoms with Gasteiger partial charge >= 0.3 is 11.7 Å². The highest BCUT2D eigenvalue weighted by atomic mass is 35.5. The Kier molecular flexibility index (Phi) is 6.49. The van der Waals surface area contributed by atoms with Crippen LogP contribution in [0.15, 0.2) is 105 Å². The Morgan fingerprint density at radius 3 is 2.42 bits per heavy atom. The number of para-hydroxylation sites is 1. The first-order chi connectivity index (χ1) is 19.3. The average molecular weight is 574 g/mol. The second-order valence-corrected chi connectivity index (χ2v) is 11.3. The van der Waals surface area contributed by atoms with Crippen molar-refractivity contribution in [2.75, 3.05) is 10.8 Å². The highest BCUT2D eigenvalue weighted by Crippen LogP contribution is 2.37. The van der Waals surface area contributed by atoms with Gasteiger partial charge in [-0.2, -0.15) is 0 Å². The topological polar surface area (TPSA) is 123 Å². The molecule has 0 aliphatic carbocycles. The van der Waals surface area contributed by atoms with Crippen LogP contribution in [0.4, 0.5) is 5.69 Å². The van der Waals surface area contributed by atoms with Gasteiger partial charge < -0.3 is 4.74 Å². The van der Waals surface area contributed by atoms with Crippen LogP contribution < -0.4 is 14.8 Å². The molecule has 4 aromatic carbocycles. The first kappa shape index (κ1) is 25.6. The molecule has 0 fully saturated rings. The SMILES string of the molecule is O=C(Oc1ccccc1)c1cc(Cl)ccc1-c1ccc2c(c1)CCN2S(=O)(=O)c1ccc(-c2noc(=O)[nH]2)cc1. The largest absolute Gasteiger partial charge is 0.439 e. The van der Waals surface area contributed by atoms with Gasteiger partial charge in [-0.05, 0) is 83.8 Å². The molecule has 0 radical (unpaired) electrons. The van der Waals surface area contributed by atoms with Crippen molar-refractivity contribution in [3.63, 3.8) is 0 Å². The number of sulfonamides is 1. The van der Waals surface area contributed by atoms with Crippen molar-refractivity contribution >= 4 is 33.3 Å². The number of aromatic nitrogens is 2. The zero-order valence-corrected chi connectivity index (χ0v) is 22.3. The van der Waals surface area contributed by atoms with Gasteiger partial charge in [-0.1, -0.05) is 47.1 Å². The summed E-state index contributed by atoms with van der Waals surface area (Å²) in [6, 6.07) is 25.2. The number of benzene rings is 4. The summed E-state index contributed by atoms with van der Waals surface area (Å²) in [4.78, 5) is 26.8. The van der Waals surface area contributed by atoms with Crippen molar-refractivity contribution < 1.29 is 22.5 Å². The van der Waals surface area contributed by atoms with E-state index in [2.05, 4.69) is 14.7 Å². The number of H-pyrrole nitrogens is 1. The summed E-state index contributed by atoms with van der Waals surface area (Å²) in [6.07, 6.45) is 0.498. The minimum atomic E-state index is -3.86. The molecule has 0 saturated heterocycles. The van der Waals surface area contributed by atoms with Crippen LogP contribution in [0.1, 0.15) is 15.9 Å². The Labute approximate surface area is 233 Å². The van der Waals surface area contributed by atoms with Gasteiger partial charge in [0.1, 0.15) is 5.75 Å². The lowest BCUT2D eigenvalue weighted by atomic mass is 9.97. The molecule has 1 aliphatic heterocycles. The van der Waals surface area contributed by atoms with Crippen molar-refractivity contribution in [3.8, 4) is 28.3 Å². The van der Waals surface area contributed by atoms with Crippen LogP contribution >= 0.6 is 11.6 Å². The van der Waals surface area contributed by atoms with Gasteiger partial charge in [0.05, 0.1) is 16.1 Å². The fraction of sp³-hybridized carbons (Fsp3) is 0.0690. The van der Waals surface area contributed by atoms with Crippen LogP contribution in [0.3, 0.4) is 0 Å². The normalized spacial score (nSPS) is 12.8. The molecule has 1 aliphatic rings. The Hall–Kier alpha value is -4.67. The highest BCUT2D eigenvalue weighted by Gasteiger charge is 2.31. The summed E-state index contributed by atoms with van der Waals surface area (Å²) in [7, 11) is -3.86. The van der Waals surface area contributed by atoms with E-state index < -0.39 is 21.7 Å². The van der Waals surface area contributed by atoms with E-state index in [9.17, 15) is 18.0 Å². The van der Waals surface area contributed by atoms with Crippen molar-refractivity contribution in [2.24, 2.45) is 0 Å². The lowest BCUT2D eigenvalue weighted by Crippen LogP contribution is -2.29. The molecule has 9 nitrogen and oxygen atoms in total. The average Bonchev–Trinajstić information content (AvgIpc) is 3.60. The maximum Gasteiger partial charge on any atom is 0.439 e. The summed E-state index contributed by atoms with van der Waals surface area (Å²) >= 11 is 6.21. The molecule has 0 unspecified atom stereocenters. The number of nitrogens with one attached hydrogen (secondary N) is 1. The molecule has 1 aromatic heterocycles. The number of carbonyl (C=O) groups is 1. The van der Waals surface area contributed by atoms with E-state index in [-0.39, 0.29) is 17.3 Å². The van der Waals surface area contributed by atoms with Gasteiger partial charge in [0, 0.05) is 17.1 Å². The third-order valence-electron chi connectivity index (χ3n) is 6.55. The molecule has 0 bridgehead atoms. The van der Waals surface area contributed by atoms with Crippen LogP contribution in [0, 0.1) is 0 Å². The van der Waals surface area contributed by atoms with E-state index in [0.29, 0.717) is 39.6 Å². The first-order valence-electron chi connectivity index (χ1n) is 12.2. The molecule has 0 amide bonds. The number of rotatable bonds is 6. The molecular weight excluding hydrogens is 554 g/mol. The number of carbonyl (C=O) groups excluding carboxylic acids is 1. The molecule has 0 saturated carbocycles. The minimum Gasteiger partial charge on any atom is -0.423 e. The molecule has 6 rings (SSSR count). The molecular formula is C29H20ClN3O6S. The van der Waals surface area contributed by atoms with Gasteiger partial charge in [0.15, 0.2) is 5.82 Å². The summed E-state index contributed by atoms with van der Waals surface area (Å²) < 4.78 is 38.5. The smallest absolute Gasteiger partial charge is 0.423 e. The number of hydrogen-bond acceptors (Lipinski definition) is 7. The number of nitrogens with zero attached hydrogens (tertiary/aromatic N) is 2. The predicted octanol–water partition coefficient (Wildman–Crippen LogP) is 5.32.